The molecule has 0 spiro atoms. The Morgan fingerprint density at radius 1 is 1.19 bits per heavy atom. The van der Waals surface area contributed by atoms with E-state index in [1.54, 1.807) is 30.1 Å². The molecule has 0 N–H and O–H groups in total. The molecule has 21 heavy (non-hydrogen) atoms. The molecule has 0 aliphatic heterocycles. The van der Waals surface area contributed by atoms with Crippen LogP contribution in [0.3, 0.4) is 0 Å². The molecular weight excluding hydrogens is 286 g/mol. The second-order valence-electron chi connectivity index (χ2n) is 5.08. The van der Waals surface area contributed by atoms with Gasteiger partial charge < -0.3 is 4.57 Å². The zero-order valence-electron chi connectivity index (χ0n) is 12.0. The lowest BCUT2D eigenvalue weighted by molar-refractivity contribution is 0.906. The van der Waals surface area contributed by atoms with Crippen molar-refractivity contribution in [2.24, 2.45) is 7.05 Å². The van der Waals surface area contributed by atoms with Crippen LogP contribution in [0, 0.1) is 13.8 Å². The lowest BCUT2D eigenvalue weighted by Crippen LogP contribution is -2.19. The highest BCUT2D eigenvalue weighted by molar-refractivity contribution is 6.30. The van der Waals surface area contributed by atoms with Gasteiger partial charge in [0.1, 0.15) is 5.15 Å². The number of hydrogen-bond acceptors (Lipinski definition) is 3. The Morgan fingerprint density at radius 3 is 2.67 bits per heavy atom. The van der Waals surface area contributed by atoms with Gasteiger partial charge in [-0.25, -0.2) is 4.98 Å². The highest BCUT2D eigenvalue weighted by atomic mass is 35.5. The fraction of sp³-hybridized carbons (Fsp3) is 0.188. The van der Waals surface area contributed by atoms with Gasteiger partial charge in [0.05, 0.1) is 5.52 Å². The first-order chi connectivity index (χ1) is 9.99. The monoisotopic (exact) mass is 299 g/mol. The van der Waals surface area contributed by atoms with Crippen LogP contribution in [0.5, 0.6) is 0 Å². The van der Waals surface area contributed by atoms with Crippen molar-refractivity contribution in [3.05, 3.63) is 57.4 Å². The van der Waals surface area contributed by atoms with E-state index in [0.717, 1.165) is 27.7 Å². The SMILES string of the molecule is Cc1ccnc(C)c1-c1cc2cnc(Cl)cc2n(C)c1=O. The van der Waals surface area contributed by atoms with Crippen molar-refractivity contribution in [3.63, 3.8) is 0 Å². The smallest absolute Gasteiger partial charge is 0.258 e. The highest BCUT2D eigenvalue weighted by Gasteiger charge is 2.14. The van der Waals surface area contributed by atoms with E-state index in [2.05, 4.69) is 9.97 Å². The molecule has 0 aromatic carbocycles. The van der Waals surface area contributed by atoms with Crippen molar-refractivity contribution in [2.75, 3.05) is 0 Å². The van der Waals surface area contributed by atoms with Crippen molar-refractivity contribution in [1.82, 2.24) is 14.5 Å². The van der Waals surface area contributed by atoms with Crippen LogP contribution in [0.1, 0.15) is 11.3 Å². The Morgan fingerprint density at radius 2 is 1.95 bits per heavy atom. The fourth-order valence-electron chi connectivity index (χ4n) is 2.62. The van der Waals surface area contributed by atoms with Gasteiger partial charge in [-0.1, -0.05) is 11.6 Å². The molecule has 3 aromatic rings. The quantitative estimate of drug-likeness (QED) is 0.648. The van der Waals surface area contributed by atoms with E-state index < -0.39 is 0 Å². The van der Waals surface area contributed by atoms with Gasteiger partial charge in [0.2, 0.25) is 0 Å². The lowest BCUT2D eigenvalue weighted by atomic mass is 9.99. The maximum absolute atomic E-state index is 12.7. The van der Waals surface area contributed by atoms with Gasteiger partial charge in [-0.05, 0) is 37.6 Å². The third-order valence-corrected chi connectivity index (χ3v) is 3.90. The maximum Gasteiger partial charge on any atom is 0.258 e. The predicted octanol–water partition coefficient (Wildman–Crippen LogP) is 3.27. The van der Waals surface area contributed by atoms with Crippen LogP contribution in [-0.2, 0) is 7.05 Å². The van der Waals surface area contributed by atoms with Gasteiger partial charge in [-0.2, -0.15) is 0 Å². The summed E-state index contributed by atoms with van der Waals surface area (Å²) in [6.45, 7) is 3.89. The minimum absolute atomic E-state index is 0.0658. The molecule has 0 aliphatic rings. The zero-order chi connectivity index (χ0) is 15.1. The molecule has 0 fully saturated rings. The summed E-state index contributed by atoms with van der Waals surface area (Å²) >= 11 is 5.91. The van der Waals surface area contributed by atoms with Crippen molar-refractivity contribution >= 4 is 22.5 Å². The van der Waals surface area contributed by atoms with Crippen LogP contribution in [-0.4, -0.2) is 14.5 Å². The van der Waals surface area contributed by atoms with Crippen LogP contribution < -0.4 is 5.56 Å². The van der Waals surface area contributed by atoms with E-state index in [9.17, 15) is 4.79 Å². The second kappa shape index (κ2) is 4.97. The van der Waals surface area contributed by atoms with Gasteiger partial charge >= 0.3 is 0 Å². The molecule has 0 atom stereocenters. The zero-order valence-corrected chi connectivity index (χ0v) is 12.8. The molecule has 5 heteroatoms. The highest BCUT2D eigenvalue weighted by Crippen LogP contribution is 2.26. The van der Waals surface area contributed by atoms with Gasteiger partial charge in [-0.3, -0.25) is 9.78 Å². The Labute approximate surface area is 127 Å². The van der Waals surface area contributed by atoms with Crippen molar-refractivity contribution < 1.29 is 0 Å². The maximum atomic E-state index is 12.7. The van der Waals surface area contributed by atoms with E-state index in [1.807, 2.05) is 26.0 Å². The van der Waals surface area contributed by atoms with E-state index in [-0.39, 0.29) is 5.56 Å². The van der Waals surface area contributed by atoms with E-state index >= 15 is 0 Å². The Hall–Kier alpha value is -2.20. The van der Waals surface area contributed by atoms with Crippen molar-refractivity contribution in [2.45, 2.75) is 13.8 Å². The van der Waals surface area contributed by atoms with E-state index in [0.29, 0.717) is 10.7 Å². The van der Waals surface area contributed by atoms with Crippen molar-refractivity contribution in [3.8, 4) is 11.1 Å². The Balaban J connectivity index is 2.42. The molecule has 0 saturated carbocycles. The minimum Gasteiger partial charge on any atom is -0.311 e. The first kappa shape index (κ1) is 13.8. The molecule has 3 aromatic heterocycles. The summed E-state index contributed by atoms with van der Waals surface area (Å²) in [5.74, 6) is 0. The number of halogens is 1. The van der Waals surface area contributed by atoms with Crippen LogP contribution in [0.4, 0.5) is 0 Å². The lowest BCUT2D eigenvalue weighted by Gasteiger charge is -2.12. The van der Waals surface area contributed by atoms with Crippen LogP contribution >= 0.6 is 11.6 Å². The molecule has 0 unspecified atom stereocenters. The van der Waals surface area contributed by atoms with Crippen LogP contribution in [0.15, 0.2) is 35.4 Å². The van der Waals surface area contributed by atoms with Gasteiger partial charge in [0.15, 0.2) is 0 Å². The number of hydrogen-bond donors (Lipinski definition) is 0. The minimum atomic E-state index is -0.0658. The summed E-state index contributed by atoms with van der Waals surface area (Å²) in [7, 11) is 1.74. The molecule has 0 saturated heterocycles. The third-order valence-electron chi connectivity index (χ3n) is 3.69. The standard InChI is InChI=1S/C16H14ClN3O/c1-9-4-5-18-10(2)15(9)12-6-11-8-19-14(17)7-13(11)20(3)16(12)21/h4-8H,1-3H3. The van der Waals surface area contributed by atoms with Gasteiger partial charge in [0, 0.05) is 41.6 Å². The molecule has 0 aliphatic carbocycles. The number of rotatable bonds is 1. The first-order valence-electron chi connectivity index (χ1n) is 6.57. The average molecular weight is 300 g/mol. The molecular formula is C16H14ClN3O. The topological polar surface area (TPSA) is 47.8 Å². The number of pyridine rings is 3. The first-order valence-corrected chi connectivity index (χ1v) is 6.94. The summed E-state index contributed by atoms with van der Waals surface area (Å²) in [6, 6.07) is 5.47. The largest absolute Gasteiger partial charge is 0.311 e. The molecule has 3 rings (SSSR count). The third kappa shape index (κ3) is 2.21. The summed E-state index contributed by atoms with van der Waals surface area (Å²) in [6.07, 6.45) is 3.43. The molecule has 3 heterocycles. The number of aryl methyl sites for hydroxylation is 3. The number of aromatic nitrogens is 3. The fourth-order valence-corrected chi connectivity index (χ4v) is 2.77. The molecule has 0 radical (unpaired) electrons. The van der Waals surface area contributed by atoms with E-state index in [1.165, 1.54) is 0 Å². The van der Waals surface area contributed by atoms with Crippen molar-refractivity contribution in [1.29, 1.82) is 0 Å². The molecule has 4 nitrogen and oxygen atoms in total. The van der Waals surface area contributed by atoms with Crippen LogP contribution in [0.25, 0.3) is 22.0 Å². The Kier molecular flexibility index (Phi) is 3.26. The Bertz CT molecular complexity index is 895. The second-order valence-corrected chi connectivity index (χ2v) is 5.46. The van der Waals surface area contributed by atoms with E-state index in [4.69, 9.17) is 11.6 Å². The number of nitrogens with zero attached hydrogens (tertiary/aromatic N) is 3. The average Bonchev–Trinajstić information content (AvgIpc) is 2.44. The molecule has 106 valence electrons. The molecule has 0 amide bonds. The van der Waals surface area contributed by atoms with Gasteiger partial charge in [-0.15, -0.1) is 0 Å². The summed E-state index contributed by atoms with van der Waals surface area (Å²) in [4.78, 5) is 21.1. The summed E-state index contributed by atoms with van der Waals surface area (Å²) < 4.78 is 1.60. The summed E-state index contributed by atoms with van der Waals surface area (Å²) in [5, 5.41) is 1.25. The predicted molar refractivity (Wildman–Crippen MR) is 84.7 cm³/mol. The summed E-state index contributed by atoms with van der Waals surface area (Å²) in [5.41, 5.74) is 4.09. The molecule has 0 bridgehead atoms. The van der Waals surface area contributed by atoms with Gasteiger partial charge in [0.25, 0.3) is 5.56 Å². The normalized spacial score (nSPS) is 11.0. The van der Waals surface area contributed by atoms with Crippen LogP contribution in [0.2, 0.25) is 5.15 Å². The number of fused-ring (bicyclic) bond motifs is 1.